The van der Waals surface area contributed by atoms with Gasteiger partial charge in [-0.05, 0) is 41.8 Å². The number of aliphatic carboxylic acids is 1. The lowest BCUT2D eigenvalue weighted by Crippen LogP contribution is -2.36. The molecule has 1 unspecified atom stereocenters. The quantitative estimate of drug-likeness (QED) is 0.445. The van der Waals surface area contributed by atoms with E-state index in [0.29, 0.717) is 16.7 Å². The minimum Gasteiger partial charge on any atom is -0.493 e. The largest absolute Gasteiger partial charge is 0.493 e. The molecule has 1 aromatic heterocycles. The molecule has 0 spiro atoms. The maximum Gasteiger partial charge on any atom is 0.328 e. The third-order valence-corrected chi connectivity index (χ3v) is 5.35. The monoisotopic (exact) mass is 430 g/mol. The Morgan fingerprint density at radius 2 is 1.56 bits per heavy atom. The predicted octanol–water partition coefficient (Wildman–Crippen LogP) is 3.53. The summed E-state index contributed by atoms with van der Waals surface area (Å²) in [5, 5.41) is 9.96. The first kappa shape index (κ1) is 21.1. The Kier molecular flexibility index (Phi) is 6.17. The molecule has 1 atom stereocenters. The van der Waals surface area contributed by atoms with Crippen molar-refractivity contribution in [3.63, 3.8) is 0 Å². The summed E-state index contributed by atoms with van der Waals surface area (Å²) >= 11 is 0. The van der Waals surface area contributed by atoms with Gasteiger partial charge in [0.15, 0.2) is 0 Å². The molecule has 0 saturated heterocycles. The number of carboxylic acids is 1. The van der Waals surface area contributed by atoms with E-state index in [2.05, 4.69) is 4.98 Å². The fourth-order valence-corrected chi connectivity index (χ4v) is 3.54. The minimum absolute atomic E-state index is 0.0216. The van der Waals surface area contributed by atoms with E-state index in [0.717, 1.165) is 15.7 Å². The number of nitrogens with zero attached hydrogens (tertiary/aromatic N) is 1. The molecular weight excluding hydrogens is 408 g/mol. The van der Waals surface area contributed by atoms with Gasteiger partial charge < -0.3 is 14.8 Å². The Bertz CT molecular complexity index is 1340. The van der Waals surface area contributed by atoms with E-state index >= 15 is 0 Å². The summed E-state index contributed by atoms with van der Waals surface area (Å²) in [5.74, 6) is -1.37. The molecule has 4 rings (SSSR count). The summed E-state index contributed by atoms with van der Waals surface area (Å²) in [4.78, 5) is 39.3. The average molecular weight is 430 g/mol. The average Bonchev–Trinajstić information content (AvgIpc) is 2.81. The van der Waals surface area contributed by atoms with Crippen molar-refractivity contribution in [3.05, 3.63) is 99.7 Å². The number of carboxylic acid groups (broad SMARTS) is 1. The van der Waals surface area contributed by atoms with Crippen molar-refractivity contribution in [1.82, 2.24) is 9.55 Å². The highest BCUT2D eigenvalue weighted by atomic mass is 16.5. The Hall–Kier alpha value is -4.13. The van der Waals surface area contributed by atoms with Crippen LogP contribution >= 0.6 is 0 Å². The van der Waals surface area contributed by atoms with Crippen LogP contribution in [0.15, 0.2) is 88.5 Å². The number of para-hydroxylation sites is 1. The molecule has 0 fully saturated rings. The van der Waals surface area contributed by atoms with Crippen LogP contribution in [0.2, 0.25) is 0 Å². The Morgan fingerprint density at radius 1 is 0.906 bits per heavy atom. The summed E-state index contributed by atoms with van der Waals surface area (Å²) in [6.45, 7) is -0.0907. The Labute approximate surface area is 183 Å². The Morgan fingerprint density at radius 3 is 2.28 bits per heavy atom. The van der Waals surface area contributed by atoms with Gasteiger partial charge in [-0.25, -0.2) is 4.79 Å². The zero-order valence-electron chi connectivity index (χ0n) is 17.2. The van der Waals surface area contributed by atoms with Gasteiger partial charge in [-0.1, -0.05) is 54.6 Å². The van der Waals surface area contributed by atoms with Crippen LogP contribution in [-0.2, 0) is 11.3 Å². The molecule has 0 aliphatic heterocycles. The van der Waals surface area contributed by atoms with Gasteiger partial charge in [0, 0.05) is 6.54 Å². The van der Waals surface area contributed by atoms with Gasteiger partial charge in [0.05, 0.1) is 16.8 Å². The van der Waals surface area contributed by atoms with Crippen LogP contribution < -0.4 is 16.0 Å². The van der Waals surface area contributed by atoms with Gasteiger partial charge >= 0.3 is 11.7 Å². The maximum atomic E-state index is 12.6. The zero-order chi connectivity index (χ0) is 22.5. The SMILES string of the molecule is O=C(O)C(CCn1c(=O)[nH]c2ccccc2c1=O)COc1ccc(-c2ccccc2)cc1. The molecule has 0 radical (unpaired) electrons. The number of rotatable bonds is 8. The molecule has 0 aliphatic carbocycles. The predicted molar refractivity (Wildman–Crippen MR) is 122 cm³/mol. The molecule has 3 aromatic carbocycles. The van der Waals surface area contributed by atoms with Crippen molar-refractivity contribution in [2.75, 3.05) is 6.61 Å². The van der Waals surface area contributed by atoms with Crippen molar-refractivity contribution in [1.29, 1.82) is 0 Å². The van der Waals surface area contributed by atoms with E-state index < -0.39 is 23.1 Å². The topological polar surface area (TPSA) is 101 Å². The lowest BCUT2D eigenvalue weighted by molar-refractivity contribution is -0.143. The lowest BCUT2D eigenvalue weighted by Gasteiger charge is -2.15. The number of ether oxygens (including phenoxy) is 1. The van der Waals surface area contributed by atoms with Crippen molar-refractivity contribution in [2.24, 2.45) is 5.92 Å². The van der Waals surface area contributed by atoms with Gasteiger partial charge in [0.2, 0.25) is 0 Å². The van der Waals surface area contributed by atoms with Crippen LogP contribution in [0.25, 0.3) is 22.0 Å². The van der Waals surface area contributed by atoms with Crippen molar-refractivity contribution >= 4 is 16.9 Å². The van der Waals surface area contributed by atoms with E-state index in [1.165, 1.54) is 0 Å². The summed E-state index contributed by atoms with van der Waals surface area (Å²) in [7, 11) is 0. The van der Waals surface area contributed by atoms with Gasteiger partial charge in [-0.15, -0.1) is 0 Å². The van der Waals surface area contributed by atoms with Crippen molar-refractivity contribution in [3.8, 4) is 16.9 Å². The highest BCUT2D eigenvalue weighted by molar-refractivity contribution is 5.76. The molecule has 32 heavy (non-hydrogen) atoms. The summed E-state index contributed by atoms with van der Waals surface area (Å²) in [5.41, 5.74) is 1.56. The molecule has 1 heterocycles. The normalized spacial score (nSPS) is 11.9. The molecule has 0 bridgehead atoms. The first-order valence-corrected chi connectivity index (χ1v) is 10.3. The van der Waals surface area contributed by atoms with E-state index in [-0.39, 0.29) is 19.6 Å². The molecule has 7 nitrogen and oxygen atoms in total. The standard InChI is InChI=1S/C25H22N2O5/c28-23-21-8-4-5-9-22(21)26-25(31)27(23)15-14-19(24(29)30)16-32-20-12-10-18(11-13-20)17-6-2-1-3-7-17/h1-13,19H,14-16H2,(H,26,31)(H,29,30). The van der Waals surface area contributed by atoms with Gasteiger partial charge in [-0.3, -0.25) is 14.2 Å². The van der Waals surface area contributed by atoms with Crippen LogP contribution in [-0.4, -0.2) is 27.2 Å². The van der Waals surface area contributed by atoms with Crippen molar-refractivity contribution < 1.29 is 14.6 Å². The number of carbonyl (C=O) groups is 1. The molecule has 0 saturated carbocycles. The van der Waals surface area contributed by atoms with Crippen LogP contribution in [0.1, 0.15) is 6.42 Å². The molecule has 0 aliphatic rings. The molecular formula is C25H22N2O5. The fourth-order valence-electron chi connectivity index (χ4n) is 3.54. The first-order chi connectivity index (χ1) is 15.5. The van der Waals surface area contributed by atoms with Gasteiger partial charge in [0.25, 0.3) is 5.56 Å². The smallest absolute Gasteiger partial charge is 0.328 e. The first-order valence-electron chi connectivity index (χ1n) is 10.3. The third-order valence-electron chi connectivity index (χ3n) is 5.35. The van der Waals surface area contributed by atoms with E-state index in [4.69, 9.17) is 4.74 Å². The van der Waals surface area contributed by atoms with Crippen LogP contribution in [0.3, 0.4) is 0 Å². The van der Waals surface area contributed by atoms with Gasteiger partial charge in [0.1, 0.15) is 12.4 Å². The number of hydrogen-bond acceptors (Lipinski definition) is 4. The van der Waals surface area contributed by atoms with Crippen LogP contribution in [0.4, 0.5) is 0 Å². The third kappa shape index (κ3) is 4.62. The number of hydrogen-bond donors (Lipinski definition) is 2. The zero-order valence-corrected chi connectivity index (χ0v) is 17.2. The number of nitrogens with one attached hydrogen (secondary N) is 1. The second-order valence-corrected chi connectivity index (χ2v) is 7.46. The number of benzene rings is 3. The second kappa shape index (κ2) is 9.34. The molecule has 4 aromatic rings. The van der Waals surface area contributed by atoms with E-state index in [1.54, 1.807) is 36.4 Å². The number of H-pyrrole nitrogens is 1. The number of fused-ring (bicyclic) bond motifs is 1. The Balaban J connectivity index is 1.43. The second-order valence-electron chi connectivity index (χ2n) is 7.46. The van der Waals surface area contributed by atoms with Gasteiger partial charge in [-0.2, -0.15) is 0 Å². The fraction of sp³-hybridized carbons (Fsp3) is 0.160. The van der Waals surface area contributed by atoms with Crippen molar-refractivity contribution in [2.45, 2.75) is 13.0 Å². The lowest BCUT2D eigenvalue weighted by atomic mass is 10.1. The highest BCUT2D eigenvalue weighted by Gasteiger charge is 2.20. The summed E-state index contributed by atoms with van der Waals surface area (Å²) in [6, 6.07) is 24.0. The number of aromatic amines is 1. The van der Waals surface area contributed by atoms with Crippen LogP contribution in [0.5, 0.6) is 5.75 Å². The van der Waals surface area contributed by atoms with E-state index in [1.807, 2.05) is 42.5 Å². The highest BCUT2D eigenvalue weighted by Crippen LogP contribution is 2.22. The molecule has 2 N–H and O–H groups in total. The molecule has 0 amide bonds. The maximum absolute atomic E-state index is 12.6. The van der Waals surface area contributed by atoms with E-state index in [9.17, 15) is 19.5 Å². The minimum atomic E-state index is -1.05. The number of aromatic nitrogens is 2. The summed E-state index contributed by atoms with van der Waals surface area (Å²) < 4.78 is 6.72. The van der Waals surface area contributed by atoms with Crippen LogP contribution in [0, 0.1) is 5.92 Å². The molecule has 162 valence electrons. The summed E-state index contributed by atoms with van der Waals surface area (Å²) in [6.07, 6.45) is 0.0821. The molecule has 7 heteroatoms.